The van der Waals surface area contributed by atoms with E-state index in [4.69, 9.17) is 16.3 Å². The van der Waals surface area contributed by atoms with Gasteiger partial charge in [0.05, 0.1) is 23.9 Å². The van der Waals surface area contributed by atoms with Gasteiger partial charge in [-0.05, 0) is 46.6 Å². The van der Waals surface area contributed by atoms with Gasteiger partial charge in [-0.1, -0.05) is 11.6 Å². The summed E-state index contributed by atoms with van der Waals surface area (Å²) in [5.41, 5.74) is 1.65. The molecule has 0 bridgehead atoms. The van der Waals surface area contributed by atoms with Crippen LogP contribution in [-0.2, 0) is 0 Å². The van der Waals surface area contributed by atoms with Gasteiger partial charge in [-0.15, -0.1) is 0 Å². The van der Waals surface area contributed by atoms with Crippen LogP contribution in [0, 0.1) is 6.92 Å². The maximum Gasteiger partial charge on any atom is 0.257 e. The Morgan fingerprint density at radius 3 is 2.58 bits per heavy atom. The van der Waals surface area contributed by atoms with Crippen molar-refractivity contribution in [1.82, 2.24) is 10.3 Å². The topological polar surface area (TPSA) is 80.3 Å². The van der Waals surface area contributed by atoms with Gasteiger partial charge in [-0.2, -0.15) is 0 Å². The van der Waals surface area contributed by atoms with Crippen LogP contribution < -0.4 is 15.4 Å². The SMILES string of the molecule is CNC(=O)c1cc(Cl)cc(C)c1NC(=O)c1cnc(Br)c(OC)c1. The number of carbonyl (C=O) groups is 2. The Hall–Kier alpha value is -2.12. The average Bonchev–Trinajstić information content (AvgIpc) is 2.56. The average molecular weight is 413 g/mol. The van der Waals surface area contributed by atoms with Gasteiger partial charge >= 0.3 is 0 Å². The Labute approximate surface area is 152 Å². The minimum absolute atomic E-state index is 0.285. The van der Waals surface area contributed by atoms with E-state index in [1.165, 1.54) is 26.4 Å². The normalized spacial score (nSPS) is 10.2. The molecule has 0 aliphatic heterocycles. The van der Waals surface area contributed by atoms with E-state index in [9.17, 15) is 9.59 Å². The lowest BCUT2D eigenvalue weighted by Gasteiger charge is -2.14. The molecule has 0 aliphatic rings. The van der Waals surface area contributed by atoms with Gasteiger partial charge in [0.25, 0.3) is 11.8 Å². The van der Waals surface area contributed by atoms with Crippen LogP contribution >= 0.6 is 27.5 Å². The van der Waals surface area contributed by atoms with Crippen molar-refractivity contribution in [2.24, 2.45) is 0 Å². The predicted molar refractivity (Wildman–Crippen MR) is 96.0 cm³/mol. The molecule has 0 spiro atoms. The van der Waals surface area contributed by atoms with Crippen LogP contribution in [0.25, 0.3) is 0 Å². The molecule has 0 radical (unpaired) electrons. The number of pyridine rings is 1. The number of carbonyl (C=O) groups excluding carboxylic acids is 2. The number of aryl methyl sites for hydroxylation is 1. The van der Waals surface area contributed by atoms with Crippen LogP contribution in [0.2, 0.25) is 5.02 Å². The molecule has 126 valence electrons. The molecule has 8 heteroatoms. The van der Waals surface area contributed by atoms with Crippen molar-refractivity contribution >= 4 is 45.0 Å². The first-order chi connectivity index (χ1) is 11.4. The number of methoxy groups -OCH3 is 1. The first-order valence-corrected chi connectivity index (χ1v) is 8.07. The molecule has 2 rings (SSSR count). The largest absolute Gasteiger partial charge is 0.494 e. The van der Waals surface area contributed by atoms with Crippen molar-refractivity contribution in [2.75, 3.05) is 19.5 Å². The minimum atomic E-state index is -0.413. The zero-order valence-electron chi connectivity index (χ0n) is 13.2. The van der Waals surface area contributed by atoms with Crippen LogP contribution in [0.1, 0.15) is 26.3 Å². The molecule has 1 aromatic heterocycles. The molecule has 24 heavy (non-hydrogen) atoms. The fourth-order valence-corrected chi connectivity index (χ4v) is 2.76. The highest BCUT2D eigenvalue weighted by atomic mass is 79.9. The Kier molecular flexibility index (Phi) is 5.80. The van der Waals surface area contributed by atoms with Crippen molar-refractivity contribution in [3.63, 3.8) is 0 Å². The van der Waals surface area contributed by atoms with Crippen molar-refractivity contribution < 1.29 is 14.3 Å². The fourth-order valence-electron chi connectivity index (χ4n) is 2.10. The molecule has 0 unspecified atom stereocenters. The van der Waals surface area contributed by atoms with Gasteiger partial charge in [0, 0.05) is 18.3 Å². The summed E-state index contributed by atoms with van der Waals surface area (Å²) in [7, 11) is 2.99. The summed E-state index contributed by atoms with van der Waals surface area (Å²) in [5, 5.41) is 5.68. The number of hydrogen-bond donors (Lipinski definition) is 2. The minimum Gasteiger partial charge on any atom is -0.494 e. The molecule has 2 amide bonds. The zero-order valence-corrected chi connectivity index (χ0v) is 15.6. The molecular formula is C16H15BrClN3O3. The molecule has 0 fully saturated rings. The van der Waals surface area contributed by atoms with Gasteiger partial charge in [-0.25, -0.2) is 4.98 Å². The van der Waals surface area contributed by atoms with Gasteiger partial charge < -0.3 is 15.4 Å². The summed E-state index contributed by atoms with van der Waals surface area (Å²) in [6.07, 6.45) is 1.41. The molecule has 1 aromatic carbocycles. The number of nitrogens with one attached hydrogen (secondary N) is 2. The van der Waals surface area contributed by atoms with Crippen LogP contribution in [-0.4, -0.2) is 31.0 Å². The number of amides is 2. The lowest BCUT2D eigenvalue weighted by Crippen LogP contribution is -2.22. The smallest absolute Gasteiger partial charge is 0.257 e. The first kappa shape index (κ1) is 18.2. The van der Waals surface area contributed by atoms with Crippen molar-refractivity contribution in [3.8, 4) is 5.75 Å². The number of anilines is 1. The van der Waals surface area contributed by atoms with Crippen molar-refractivity contribution in [2.45, 2.75) is 6.92 Å². The summed E-state index contributed by atoms with van der Waals surface area (Å²) in [6.45, 7) is 1.76. The van der Waals surface area contributed by atoms with E-state index in [1.54, 1.807) is 19.1 Å². The summed E-state index contributed by atoms with van der Waals surface area (Å²) in [5.74, 6) is -0.326. The van der Waals surface area contributed by atoms with E-state index in [2.05, 4.69) is 31.5 Å². The molecule has 0 saturated heterocycles. The Morgan fingerprint density at radius 2 is 1.96 bits per heavy atom. The molecule has 0 atom stereocenters. The van der Waals surface area contributed by atoms with Gasteiger partial charge in [0.1, 0.15) is 4.60 Å². The fraction of sp³-hybridized carbons (Fsp3) is 0.188. The van der Waals surface area contributed by atoms with Crippen molar-refractivity contribution in [3.05, 3.63) is 50.7 Å². The molecule has 1 heterocycles. The van der Waals surface area contributed by atoms with Crippen LogP contribution in [0.5, 0.6) is 5.75 Å². The third-order valence-electron chi connectivity index (χ3n) is 3.30. The maximum absolute atomic E-state index is 12.5. The van der Waals surface area contributed by atoms with Gasteiger partial charge in [-0.3, -0.25) is 9.59 Å². The Bertz CT molecular complexity index is 811. The molecule has 0 aliphatic carbocycles. The quantitative estimate of drug-likeness (QED) is 0.754. The number of aromatic nitrogens is 1. The lowest BCUT2D eigenvalue weighted by atomic mass is 10.1. The molecular weight excluding hydrogens is 398 g/mol. The highest BCUT2D eigenvalue weighted by Gasteiger charge is 2.18. The molecule has 2 N–H and O–H groups in total. The second-order valence-electron chi connectivity index (χ2n) is 4.90. The number of ether oxygens (including phenoxy) is 1. The highest BCUT2D eigenvalue weighted by Crippen LogP contribution is 2.27. The summed E-state index contributed by atoms with van der Waals surface area (Å²) < 4.78 is 5.63. The first-order valence-electron chi connectivity index (χ1n) is 6.90. The Morgan fingerprint density at radius 1 is 1.25 bits per heavy atom. The summed E-state index contributed by atoms with van der Waals surface area (Å²) in [4.78, 5) is 28.6. The lowest BCUT2D eigenvalue weighted by molar-refractivity contribution is 0.0964. The number of rotatable bonds is 4. The van der Waals surface area contributed by atoms with E-state index in [-0.39, 0.29) is 11.5 Å². The molecule has 0 saturated carbocycles. The van der Waals surface area contributed by atoms with Crippen LogP contribution in [0.3, 0.4) is 0 Å². The predicted octanol–water partition coefficient (Wildman–Crippen LogP) is 3.43. The van der Waals surface area contributed by atoms with E-state index in [0.717, 1.165) is 0 Å². The Balaban J connectivity index is 2.40. The third-order valence-corrected chi connectivity index (χ3v) is 4.11. The molecule has 6 nitrogen and oxygen atoms in total. The van der Waals surface area contributed by atoms with E-state index in [0.29, 0.717) is 32.2 Å². The monoisotopic (exact) mass is 411 g/mol. The number of nitrogens with zero attached hydrogens (tertiary/aromatic N) is 1. The number of benzene rings is 1. The molecule has 2 aromatic rings. The van der Waals surface area contributed by atoms with Crippen LogP contribution in [0.4, 0.5) is 5.69 Å². The number of hydrogen-bond acceptors (Lipinski definition) is 4. The van der Waals surface area contributed by atoms with E-state index >= 15 is 0 Å². The third kappa shape index (κ3) is 3.85. The van der Waals surface area contributed by atoms with Crippen molar-refractivity contribution in [1.29, 1.82) is 0 Å². The maximum atomic E-state index is 12.5. The summed E-state index contributed by atoms with van der Waals surface area (Å²) in [6, 6.07) is 4.73. The van der Waals surface area contributed by atoms with Gasteiger partial charge in [0.15, 0.2) is 5.75 Å². The second kappa shape index (κ2) is 7.63. The summed E-state index contributed by atoms with van der Waals surface area (Å²) >= 11 is 9.24. The van der Waals surface area contributed by atoms with Crippen LogP contribution in [0.15, 0.2) is 29.0 Å². The zero-order chi connectivity index (χ0) is 17.9. The second-order valence-corrected chi connectivity index (χ2v) is 6.08. The highest BCUT2D eigenvalue weighted by molar-refractivity contribution is 9.10. The van der Waals surface area contributed by atoms with E-state index in [1.807, 2.05) is 0 Å². The van der Waals surface area contributed by atoms with Gasteiger partial charge in [0.2, 0.25) is 0 Å². The number of halogens is 2. The standard InChI is InChI=1S/C16H15BrClN3O3/c1-8-4-10(18)6-11(16(23)19-2)13(8)21-15(22)9-5-12(24-3)14(17)20-7-9/h4-7H,1-3H3,(H,19,23)(H,21,22). The van der Waals surface area contributed by atoms with E-state index < -0.39 is 5.91 Å².